The van der Waals surface area contributed by atoms with E-state index >= 15 is 0 Å². The van der Waals surface area contributed by atoms with Gasteiger partial charge in [-0.2, -0.15) is 0 Å². The van der Waals surface area contributed by atoms with Crippen molar-refractivity contribution in [2.24, 2.45) is 11.8 Å². The molecule has 0 aromatic rings. The van der Waals surface area contributed by atoms with E-state index in [1.807, 2.05) is 19.0 Å². The minimum atomic E-state index is 0.288. The van der Waals surface area contributed by atoms with E-state index in [1.165, 1.54) is 45.1 Å². The van der Waals surface area contributed by atoms with Crippen molar-refractivity contribution in [3.05, 3.63) is 0 Å². The molecule has 7 heteroatoms. The van der Waals surface area contributed by atoms with Gasteiger partial charge in [0, 0.05) is 64.4 Å². The zero-order valence-corrected chi connectivity index (χ0v) is 23.7. The molecule has 0 bridgehead atoms. The van der Waals surface area contributed by atoms with Gasteiger partial charge < -0.3 is 24.9 Å². The highest BCUT2D eigenvalue weighted by Crippen LogP contribution is 2.29. The summed E-state index contributed by atoms with van der Waals surface area (Å²) in [6.45, 7) is 11.9. The Hall–Kier alpha value is -0.730. The predicted molar refractivity (Wildman–Crippen MR) is 144 cm³/mol. The van der Waals surface area contributed by atoms with Gasteiger partial charge >= 0.3 is 0 Å². The standard InChI is InChI=1S/C27H56N6O/c1-22(9-10-23(2)31(7)16-15-28-3)26(29(4)5)20-30(6)19-24-11-13-25(14-12-24)33-18-17-32(8)27(34)21-33/h22-26,28H,9-21H2,1-8H3. The van der Waals surface area contributed by atoms with Crippen LogP contribution in [0.25, 0.3) is 0 Å². The van der Waals surface area contributed by atoms with Crippen LogP contribution in [-0.4, -0.2) is 137 Å². The zero-order chi connectivity index (χ0) is 25.3. The number of nitrogens with one attached hydrogen (secondary N) is 1. The van der Waals surface area contributed by atoms with Crippen LogP contribution in [0.4, 0.5) is 0 Å². The van der Waals surface area contributed by atoms with Crippen molar-refractivity contribution >= 4 is 5.91 Å². The summed E-state index contributed by atoms with van der Waals surface area (Å²) in [6.07, 6.45) is 7.64. The fourth-order valence-electron chi connectivity index (χ4n) is 5.89. The number of piperazine rings is 1. The van der Waals surface area contributed by atoms with Crippen LogP contribution in [0.3, 0.4) is 0 Å². The molecule has 2 aliphatic rings. The highest BCUT2D eigenvalue weighted by Gasteiger charge is 2.31. The molecule has 3 unspecified atom stereocenters. The van der Waals surface area contributed by atoms with E-state index in [0.29, 0.717) is 30.6 Å². The molecule has 34 heavy (non-hydrogen) atoms. The van der Waals surface area contributed by atoms with E-state index in [4.69, 9.17) is 0 Å². The van der Waals surface area contributed by atoms with Crippen molar-refractivity contribution in [2.75, 3.05) is 88.1 Å². The van der Waals surface area contributed by atoms with Crippen molar-refractivity contribution in [3.63, 3.8) is 0 Å². The number of hydrogen-bond donors (Lipinski definition) is 1. The van der Waals surface area contributed by atoms with Crippen LogP contribution in [0, 0.1) is 11.8 Å². The fourth-order valence-corrected chi connectivity index (χ4v) is 5.89. The summed E-state index contributed by atoms with van der Waals surface area (Å²) in [5, 5.41) is 3.26. The Kier molecular flexibility index (Phi) is 12.8. The van der Waals surface area contributed by atoms with E-state index < -0.39 is 0 Å². The molecule has 1 heterocycles. The number of carbonyl (C=O) groups excluding carboxylic acids is 1. The van der Waals surface area contributed by atoms with Gasteiger partial charge in [0.15, 0.2) is 0 Å². The number of rotatable bonds is 14. The number of likely N-dealkylation sites (N-methyl/N-ethyl adjacent to an activating group) is 5. The molecule has 1 aliphatic carbocycles. The normalized spacial score (nSPS) is 25.4. The first-order valence-corrected chi connectivity index (χ1v) is 13.8. The van der Waals surface area contributed by atoms with Crippen LogP contribution in [0.5, 0.6) is 0 Å². The number of carbonyl (C=O) groups is 1. The minimum absolute atomic E-state index is 0.288. The summed E-state index contributed by atoms with van der Waals surface area (Å²) in [7, 11) is 13.0. The zero-order valence-electron chi connectivity index (χ0n) is 23.7. The third kappa shape index (κ3) is 9.38. The van der Waals surface area contributed by atoms with Crippen LogP contribution < -0.4 is 5.32 Å². The monoisotopic (exact) mass is 480 g/mol. The van der Waals surface area contributed by atoms with Gasteiger partial charge in [-0.25, -0.2) is 0 Å². The molecule has 0 aromatic carbocycles. The van der Waals surface area contributed by atoms with Crippen molar-refractivity contribution in [1.29, 1.82) is 0 Å². The Balaban J connectivity index is 1.74. The van der Waals surface area contributed by atoms with Crippen molar-refractivity contribution in [2.45, 2.75) is 70.5 Å². The Bertz CT molecular complexity index is 579. The highest BCUT2D eigenvalue weighted by molar-refractivity contribution is 5.78. The lowest BCUT2D eigenvalue weighted by Gasteiger charge is -2.41. The SMILES string of the molecule is CNCCN(C)C(C)CCC(C)C(CN(C)CC1CCC(N2CCN(C)C(=O)C2)CC1)N(C)C. The van der Waals surface area contributed by atoms with Crippen LogP contribution >= 0.6 is 0 Å². The van der Waals surface area contributed by atoms with Crippen LogP contribution in [0.2, 0.25) is 0 Å². The quantitative estimate of drug-likeness (QED) is 0.411. The van der Waals surface area contributed by atoms with Crippen molar-refractivity contribution < 1.29 is 4.79 Å². The first kappa shape index (κ1) is 29.5. The molecule has 200 valence electrons. The first-order valence-electron chi connectivity index (χ1n) is 13.8. The molecule has 1 saturated carbocycles. The molecule has 3 atom stereocenters. The number of amides is 1. The number of nitrogens with zero attached hydrogens (tertiary/aromatic N) is 5. The molecule has 1 saturated heterocycles. The second-order valence-corrected chi connectivity index (χ2v) is 11.7. The van der Waals surface area contributed by atoms with E-state index in [9.17, 15) is 4.79 Å². The van der Waals surface area contributed by atoms with E-state index in [0.717, 1.165) is 38.6 Å². The maximum atomic E-state index is 12.1. The first-order chi connectivity index (χ1) is 16.1. The van der Waals surface area contributed by atoms with Gasteiger partial charge in [0.2, 0.25) is 5.91 Å². The minimum Gasteiger partial charge on any atom is -0.343 e. The number of hydrogen-bond acceptors (Lipinski definition) is 6. The molecule has 1 N–H and O–H groups in total. The maximum absolute atomic E-state index is 12.1. The largest absolute Gasteiger partial charge is 0.343 e. The Labute approximate surface area is 211 Å². The summed E-state index contributed by atoms with van der Waals surface area (Å²) in [4.78, 5) is 23.9. The van der Waals surface area contributed by atoms with Crippen molar-refractivity contribution in [3.8, 4) is 0 Å². The maximum Gasteiger partial charge on any atom is 0.236 e. The lowest BCUT2D eigenvalue weighted by atomic mass is 9.84. The molecule has 7 nitrogen and oxygen atoms in total. The van der Waals surface area contributed by atoms with Gasteiger partial charge in [0.05, 0.1) is 6.54 Å². The van der Waals surface area contributed by atoms with Gasteiger partial charge in [0.25, 0.3) is 0 Å². The average molecular weight is 481 g/mol. The van der Waals surface area contributed by atoms with Crippen LogP contribution in [0.15, 0.2) is 0 Å². The third-order valence-electron chi connectivity index (χ3n) is 8.71. The summed E-state index contributed by atoms with van der Waals surface area (Å²) >= 11 is 0. The highest BCUT2D eigenvalue weighted by atomic mass is 16.2. The van der Waals surface area contributed by atoms with Gasteiger partial charge in [-0.15, -0.1) is 0 Å². The average Bonchev–Trinajstić information content (AvgIpc) is 2.81. The van der Waals surface area contributed by atoms with E-state index in [-0.39, 0.29) is 5.91 Å². The molecule has 2 fully saturated rings. The van der Waals surface area contributed by atoms with Crippen molar-refractivity contribution in [1.82, 2.24) is 29.8 Å². The molecule has 1 amide bonds. The second kappa shape index (κ2) is 14.7. The summed E-state index contributed by atoms with van der Waals surface area (Å²) in [6, 6.07) is 1.83. The molecule has 0 aromatic heterocycles. The molecular weight excluding hydrogens is 424 g/mol. The Morgan fingerprint density at radius 1 is 1.03 bits per heavy atom. The Morgan fingerprint density at radius 3 is 2.29 bits per heavy atom. The molecule has 2 rings (SSSR count). The van der Waals surface area contributed by atoms with Gasteiger partial charge in [-0.1, -0.05) is 6.92 Å². The van der Waals surface area contributed by atoms with Gasteiger partial charge in [-0.3, -0.25) is 9.69 Å². The van der Waals surface area contributed by atoms with Crippen LogP contribution in [0.1, 0.15) is 52.4 Å². The smallest absolute Gasteiger partial charge is 0.236 e. The molecule has 1 aliphatic heterocycles. The van der Waals surface area contributed by atoms with Gasteiger partial charge in [-0.05, 0) is 92.5 Å². The lowest BCUT2D eigenvalue weighted by Crippen LogP contribution is -2.53. The molecular formula is C27H56N6O. The summed E-state index contributed by atoms with van der Waals surface area (Å²) in [5.41, 5.74) is 0. The third-order valence-corrected chi connectivity index (χ3v) is 8.71. The summed E-state index contributed by atoms with van der Waals surface area (Å²) in [5.74, 6) is 1.77. The molecule has 0 radical (unpaired) electrons. The second-order valence-electron chi connectivity index (χ2n) is 11.7. The predicted octanol–water partition coefficient (Wildman–Crippen LogP) is 2.14. The summed E-state index contributed by atoms with van der Waals surface area (Å²) < 4.78 is 0. The fraction of sp³-hybridized carbons (Fsp3) is 0.963. The topological polar surface area (TPSA) is 45.3 Å². The van der Waals surface area contributed by atoms with Gasteiger partial charge in [0.1, 0.15) is 0 Å². The Morgan fingerprint density at radius 2 is 1.71 bits per heavy atom. The molecule has 0 spiro atoms. The lowest BCUT2D eigenvalue weighted by molar-refractivity contribution is -0.135. The van der Waals surface area contributed by atoms with E-state index in [1.54, 1.807) is 0 Å². The van der Waals surface area contributed by atoms with Crippen LogP contribution in [-0.2, 0) is 4.79 Å². The van der Waals surface area contributed by atoms with E-state index in [2.05, 4.69) is 67.0 Å².